The lowest BCUT2D eigenvalue weighted by Gasteiger charge is -2.42. The average Bonchev–Trinajstić information content (AvgIpc) is 2.69. The van der Waals surface area contributed by atoms with Crippen LogP contribution in [0.2, 0.25) is 0 Å². The van der Waals surface area contributed by atoms with E-state index < -0.39 is 12.1 Å². The summed E-state index contributed by atoms with van der Waals surface area (Å²) in [6.07, 6.45) is -0.121. The molecular formula is C22H26N2O4. The minimum absolute atomic E-state index is 0.0473. The van der Waals surface area contributed by atoms with E-state index in [0.717, 1.165) is 11.1 Å². The highest BCUT2D eigenvalue weighted by Crippen LogP contribution is 2.32. The van der Waals surface area contributed by atoms with E-state index in [1.807, 2.05) is 56.3 Å². The molecule has 1 fully saturated rings. The van der Waals surface area contributed by atoms with Crippen LogP contribution in [-0.4, -0.2) is 47.1 Å². The number of amides is 2. The predicted octanol–water partition coefficient (Wildman–Crippen LogP) is 2.43. The topological polar surface area (TPSA) is 78.9 Å². The molecule has 6 nitrogen and oxygen atoms in total. The minimum atomic E-state index is -0.762. The molecule has 3 rings (SSSR count). The Bertz CT molecular complexity index is 805. The van der Waals surface area contributed by atoms with Gasteiger partial charge in [0.05, 0.1) is 6.04 Å². The highest BCUT2D eigenvalue weighted by molar-refractivity contribution is 5.86. The van der Waals surface area contributed by atoms with Crippen molar-refractivity contribution in [3.05, 3.63) is 65.7 Å². The molecule has 1 saturated heterocycles. The number of rotatable bonds is 6. The highest BCUT2D eigenvalue weighted by Gasteiger charge is 2.42. The van der Waals surface area contributed by atoms with E-state index in [1.54, 1.807) is 17.0 Å². The van der Waals surface area contributed by atoms with Gasteiger partial charge in [0.1, 0.15) is 12.4 Å². The molecule has 0 saturated carbocycles. The van der Waals surface area contributed by atoms with Gasteiger partial charge >= 0.3 is 0 Å². The molecule has 0 radical (unpaired) electrons. The van der Waals surface area contributed by atoms with E-state index in [0.29, 0.717) is 13.0 Å². The second kappa shape index (κ2) is 8.89. The lowest BCUT2D eigenvalue weighted by molar-refractivity contribution is -0.167. The molecule has 0 unspecified atom stereocenters. The molecule has 1 aliphatic rings. The summed E-state index contributed by atoms with van der Waals surface area (Å²) in [6.45, 7) is 4.23. The minimum Gasteiger partial charge on any atom is -0.508 e. The number of carbonyl (C=O) groups is 2. The van der Waals surface area contributed by atoms with Gasteiger partial charge in [-0.2, -0.15) is 0 Å². The van der Waals surface area contributed by atoms with Crippen molar-refractivity contribution >= 4 is 11.8 Å². The number of phenols is 1. The molecule has 2 amide bonds. The molecule has 0 aliphatic carbocycles. The smallest absolute Gasteiger partial charge is 0.251 e. The molecule has 28 heavy (non-hydrogen) atoms. The quantitative estimate of drug-likeness (QED) is 0.804. The largest absolute Gasteiger partial charge is 0.508 e. The van der Waals surface area contributed by atoms with Gasteiger partial charge in [-0.3, -0.25) is 9.59 Å². The zero-order valence-corrected chi connectivity index (χ0v) is 16.2. The third-order valence-electron chi connectivity index (χ3n) is 4.87. The van der Waals surface area contributed by atoms with Crippen LogP contribution in [0.5, 0.6) is 5.75 Å². The van der Waals surface area contributed by atoms with Gasteiger partial charge in [0.15, 0.2) is 6.10 Å². The molecule has 0 aromatic heterocycles. The Morgan fingerprint density at radius 1 is 1.18 bits per heavy atom. The van der Waals surface area contributed by atoms with Gasteiger partial charge in [0, 0.05) is 12.6 Å². The summed E-state index contributed by atoms with van der Waals surface area (Å²) in [6, 6.07) is 15.9. The van der Waals surface area contributed by atoms with E-state index in [9.17, 15) is 14.7 Å². The SMILES string of the molecule is CC(C)N1C(=O)CO[C@H](C(=O)NCCc2ccc(O)cc2)[C@H]1c1ccccc1. The number of hydrogen-bond acceptors (Lipinski definition) is 4. The Kier molecular flexibility index (Phi) is 6.31. The maximum absolute atomic E-state index is 12.9. The van der Waals surface area contributed by atoms with E-state index >= 15 is 0 Å². The van der Waals surface area contributed by atoms with E-state index in [2.05, 4.69) is 5.32 Å². The maximum Gasteiger partial charge on any atom is 0.251 e. The van der Waals surface area contributed by atoms with Gasteiger partial charge in [-0.1, -0.05) is 42.5 Å². The molecule has 2 N–H and O–H groups in total. The summed E-state index contributed by atoms with van der Waals surface area (Å²) in [5, 5.41) is 12.3. The summed E-state index contributed by atoms with van der Waals surface area (Å²) in [7, 11) is 0. The predicted molar refractivity (Wildman–Crippen MR) is 106 cm³/mol. The summed E-state index contributed by atoms with van der Waals surface area (Å²) >= 11 is 0. The Morgan fingerprint density at radius 2 is 1.86 bits per heavy atom. The van der Waals surface area contributed by atoms with Gasteiger partial charge < -0.3 is 20.1 Å². The third kappa shape index (κ3) is 4.51. The fraction of sp³-hybridized carbons (Fsp3) is 0.364. The molecule has 6 heteroatoms. The first-order valence-corrected chi connectivity index (χ1v) is 9.50. The van der Waals surface area contributed by atoms with Gasteiger partial charge in [-0.15, -0.1) is 0 Å². The van der Waals surface area contributed by atoms with Crippen LogP contribution in [-0.2, 0) is 20.7 Å². The molecule has 2 atom stereocenters. The monoisotopic (exact) mass is 382 g/mol. The molecule has 148 valence electrons. The zero-order chi connectivity index (χ0) is 20.1. The van der Waals surface area contributed by atoms with Gasteiger partial charge in [-0.05, 0) is 43.5 Å². The van der Waals surface area contributed by atoms with Crippen LogP contribution < -0.4 is 5.32 Å². The number of ether oxygens (including phenoxy) is 1. The first-order chi connectivity index (χ1) is 13.5. The fourth-order valence-electron chi connectivity index (χ4n) is 3.53. The van der Waals surface area contributed by atoms with Gasteiger partial charge in [-0.25, -0.2) is 0 Å². The van der Waals surface area contributed by atoms with Crippen molar-refractivity contribution in [2.75, 3.05) is 13.2 Å². The Labute approximate surface area is 165 Å². The van der Waals surface area contributed by atoms with Crippen molar-refractivity contribution in [1.29, 1.82) is 0 Å². The number of morpholine rings is 1. The van der Waals surface area contributed by atoms with Crippen LogP contribution in [0.15, 0.2) is 54.6 Å². The number of nitrogens with zero attached hydrogens (tertiary/aromatic N) is 1. The van der Waals surface area contributed by atoms with Crippen LogP contribution in [0, 0.1) is 0 Å². The van der Waals surface area contributed by atoms with E-state index in [1.165, 1.54) is 0 Å². The van der Waals surface area contributed by atoms with Crippen molar-refractivity contribution in [3.8, 4) is 5.75 Å². The van der Waals surface area contributed by atoms with Crippen LogP contribution in [0.1, 0.15) is 31.0 Å². The van der Waals surface area contributed by atoms with Crippen molar-refractivity contribution in [1.82, 2.24) is 10.2 Å². The third-order valence-corrected chi connectivity index (χ3v) is 4.87. The van der Waals surface area contributed by atoms with Crippen LogP contribution >= 0.6 is 0 Å². The second-order valence-corrected chi connectivity index (χ2v) is 7.19. The normalized spacial score (nSPS) is 19.7. The van der Waals surface area contributed by atoms with Gasteiger partial charge in [0.2, 0.25) is 5.91 Å². The molecule has 0 bridgehead atoms. The lowest BCUT2D eigenvalue weighted by Crippen LogP contribution is -2.56. The number of nitrogens with one attached hydrogen (secondary N) is 1. The highest BCUT2D eigenvalue weighted by atomic mass is 16.5. The van der Waals surface area contributed by atoms with Crippen molar-refractivity contribution in [3.63, 3.8) is 0 Å². The maximum atomic E-state index is 12.9. The molecule has 1 heterocycles. The fourth-order valence-corrected chi connectivity index (χ4v) is 3.53. The van der Waals surface area contributed by atoms with Crippen LogP contribution in [0.3, 0.4) is 0 Å². The summed E-state index contributed by atoms with van der Waals surface area (Å²) in [4.78, 5) is 27.1. The zero-order valence-electron chi connectivity index (χ0n) is 16.2. The van der Waals surface area contributed by atoms with E-state index in [-0.39, 0.29) is 30.2 Å². The molecule has 1 aliphatic heterocycles. The van der Waals surface area contributed by atoms with Crippen molar-refractivity contribution < 1.29 is 19.4 Å². The first kappa shape index (κ1) is 19.9. The lowest BCUT2D eigenvalue weighted by atomic mass is 9.95. The number of benzene rings is 2. The number of phenolic OH excluding ortho intramolecular Hbond substituents is 1. The molecular weight excluding hydrogens is 356 g/mol. The summed E-state index contributed by atoms with van der Waals surface area (Å²) in [5.41, 5.74) is 1.89. The number of carbonyl (C=O) groups excluding carboxylic acids is 2. The molecule has 2 aromatic rings. The van der Waals surface area contributed by atoms with Crippen molar-refractivity contribution in [2.24, 2.45) is 0 Å². The first-order valence-electron chi connectivity index (χ1n) is 9.50. The average molecular weight is 382 g/mol. The second-order valence-electron chi connectivity index (χ2n) is 7.19. The van der Waals surface area contributed by atoms with E-state index in [4.69, 9.17) is 4.74 Å². The standard InChI is InChI=1S/C22H26N2O4/c1-15(2)24-19(26)14-28-21(20(24)17-6-4-3-5-7-17)22(27)23-13-12-16-8-10-18(25)11-9-16/h3-11,15,20-21,25H,12-14H2,1-2H3,(H,23,27)/t20-,21+/m1/s1. The summed E-state index contributed by atoms with van der Waals surface area (Å²) < 4.78 is 5.68. The Balaban J connectivity index is 1.72. The van der Waals surface area contributed by atoms with Gasteiger partial charge in [0.25, 0.3) is 5.91 Å². The number of hydrogen-bond donors (Lipinski definition) is 2. The number of aromatic hydroxyl groups is 1. The van der Waals surface area contributed by atoms with Crippen LogP contribution in [0.25, 0.3) is 0 Å². The summed E-state index contributed by atoms with van der Waals surface area (Å²) in [5.74, 6) is -0.129. The van der Waals surface area contributed by atoms with Crippen molar-refractivity contribution in [2.45, 2.75) is 38.5 Å². The Hall–Kier alpha value is -2.86. The molecule has 2 aromatic carbocycles. The Morgan fingerprint density at radius 3 is 2.50 bits per heavy atom. The van der Waals surface area contributed by atoms with Crippen LogP contribution in [0.4, 0.5) is 0 Å². The molecule has 0 spiro atoms.